The summed E-state index contributed by atoms with van der Waals surface area (Å²) in [6, 6.07) is 9.05. The van der Waals surface area contributed by atoms with Crippen LogP contribution < -0.4 is 5.32 Å². The van der Waals surface area contributed by atoms with Crippen LogP contribution in [0.1, 0.15) is 5.56 Å². The van der Waals surface area contributed by atoms with Gasteiger partial charge in [-0.05, 0) is 40.2 Å². The van der Waals surface area contributed by atoms with Crippen molar-refractivity contribution in [2.24, 2.45) is 0 Å². The molecule has 0 aliphatic rings. The Morgan fingerprint density at radius 2 is 1.53 bits per heavy atom. The van der Waals surface area contributed by atoms with Crippen molar-refractivity contribution in [2.75, 3.05) is 5.32 Å². The third-order valence-corrected chi connectivity index (χ3v) is 5.03. The van der Waals surface area contributed by atoms with E-state index in [1.54, 1.807) is 18.2 Å². The predicted molar refractivity (Wildman–Crippen MR) is 88.0 cm³/mol. The Morgan fingerprint density at radius 1 is 0.895 bits per heavy atom. The highest BCUT2D eigenvalue weighted by Gasteiger charge is 2.10. The van der Waals surface area contributed by atoms with Gasteiger partial charge in [-0.25, -0.2) is 0 Å². The molecule has 0 unspecified atom stereocenters. The van der Waals surface area contributed by atoms with E-state index in [4.69, 9.17) is 46.4 Å². The van der Waals surface area contributed by atoms with Crippen molar-refractivity contribution in [1.29, 1.82) is 0 Å². The summed E-state index contributed by atoms with van der Waals surface area (Å²) in [6.07, 6.45) is 0. The maximum Gasteiger partial charge on any atom is 0.0835 e. The average molecular weight is 400 g/mol. The quantitative estimate of drug-likeness (QED) is 0.568. The molecule has 0 fully saturated rings. The number of hydrogen-bond donors (Lipinski definition) is 1. The lowest BCUT2D eigenvalue weighted by Gasteiger charge is -2.12. The van der Waals surface area contributed by atoms with Gasteiger partial charge in [-0.15, -0.1) is 0 Å². The van der Waals surface area contributed by atoms with E-state index in [1.807, 2.05) is 12.1 Å². The highest BCUT2D eigenvalue weighted by atomic mass is 79.9. The molecule has 0 saturated carbocycles. The first-order valence-corrected chi connectivity index (χ1v) is 7.61. The maximum atomic E-state index is 6.15. The lowest BCUT2D eigenvalue weighted by molar-refractivity contribution is 1.15. The van der Waals surface area contributed by atoms with Gasteiger partial charge in [0.15, 0.2) is 0 Å². The second-order valence-electron chi connectivity index (χ2n) is 3.78. The smallest absolute Gasteiger partial charge is 0.0835 e. The van der Waals surface area contributed by atoms with Crippen LogP contribution in [-0.4, -0.2) is 0 Å². The van der Waals surface area contributed by atoms with Crippen LogP contribution in [0.25, 0.3) is 0 Å². The van der Waals surface area contributed by atoms with Gasteiger partial charge < -0.3 is 5.32 Å². The van der Waals surface area contributed by atoms with Crippen molar-refractivity contribution in [2.45, 2.75) is 6.54 Å². The molecular weight excluding hydrogens is 392 g/mol. The molecule has 2 aromatic rings. The Hall–Kier alpha value is -0.120. The van der Waals surface area contributed by atoms with Gasteiger partial charge in [0, 0.05) is 26.6 Å². The van der Waals surface area contributed by atoms with Crippen molar-refractivity contribution in [3.8, 4) is 0 Å². The number of anilines is 1. The van der Waals surface area contributed by atoms with Crippen molar-refractivity contribution >= 4 is 68.0 Å². The van der Waals surface area contributed by atoms with Crippen LogP contribution in [0.2, 0.25) is 20.1 Å². The van der Waals surface area contributed by atoms with E-state index < -0.39 is 0 Å². The summed E-state index contributed by atoms with van der Waals surface area (Å²) < 4.78 is 0.750. The molecule has 6 heteroatoms. The van der Waals surface area contributed by atoms with E-state index >= 15 is 0 Å². The van der Waals surface area contributed by atoms with E-state index in [9.17, 15) is 0 Å². The molecule has 0 aliphatic heterocycles. The van der Waals surface area contributed by atoms with Crippen LogP contribution in [0.4, 0.5) is 5.69 Å². The highest BCUT2D eigenvalue weighted by Crippen LogP contribution is 2.36. The first kappa shape index (κ1) is 15.3. The van der Waals surface area contributed by atoms with Crippen LogP contribution in [-0.2, 0) is 6.54 Å². The first-order chi connectivity index (χ1) is 9.00. The molecule has 0 amide bonds. The zero-order valence-electron chi connectivity index (χ0n) is 9.48. The van der Waals surface area contributed by atoms with Gasteiger partial charge in [0.1, 0.15) is 0 Å². The second-order valence-corrected chi connectivity index (χ2v) is 6.20. The van der Waals surface area contributed by atoms with Gasteiger partial charge in [-0.3, -0.25) is 0 Å². The number of benzene rings is 2. The summed E-state index contributed by atoms with van der Waals surface area (Å²) in [5, 5.41) is 5.32. The molecule has 0 heterocycles. The van der Waals surface area contributed by atoms with Gasteiger partial charge >= 0.3 is 0 Å². The summed E-state index contributed by atoms with van der Waals surface area (Å²) in [5.74, 6) is 0. The largest absolute Gasteiger partial charge is 0.380 e. The third kappa shape index (κ3) is 3.50. The molecule has 0 bridgehead atoms. The molecule has 0 aliphatic carbocycles. The van der Waals surface area contributed by atoms with Gasteiger partial charge in [0.25, 0.3) is 0 Å². The van der Waals surface area contributed by atoms with Crippen molar-refractivity contribution < 1.29 is 0 Å². The minimum Gasteiger partial charge on any atom is -0.380 e. The molecule has 0 spiro atoms. The number of rotatable bonds is 3. The summed E-state index contributed by atoms with van der Waals surface area (Å²) in [7, 11) is 0. The monoisotopic (exact) mass is 397 g/mol. The molecule has 1 N–H and O–H groups in total. The zero-order chi connectivity index (χ0) is 14.0. The summed E-state index contributed by atoms with van der Waals surface area (Å²) in [6.45, 7) is 0.468. The van der Waals surface area contributed by atoms with E-state index in [0.29, 0.717) is 26.6 Å². The van der Waals surface area contributed by atoms with Crippen LogP contribution in [0.5, 0.6) is 0 Å². The topological polar surface area (TPSA) is 12.0 Å². The molecule has 100 valence electrons. The van der Waals surface area contributed by atoms with E-state index in [0.717, 1.165) is 15.7 Å². The Labute approximate surface area is 139 Å². The van der Waals surface area contributed by atoms with Crippen molar-refractivity contribution in [3.05, 3.63) is 60.5 Å². The van der Waals surface area contributed by atoms with E-state index in [2.05, 4.69) is 21.2 Å². The average Bonchev–Trinajstić information content (AvgIpc) is 2.38. The highest BCUT2D eigenvalue weighted by molar-refractivity contribution is 9.10. The molecule has 2 rings (SSSR count). The fraction of sp³-hybridized carbons (Fsp3) is 0.0769. The Kier molecular flexibility index (Phi) is 5.27. The van der Waals surface area contributed by atoms with Crippen LogP contribution in [0.3, 0.4) is 0 Å². The molecule has 1 nitrogen and oxygen atoms in total. The van der Waals surface area contributed by atoms with Gasteiger partial charge in [-0.2, -0.15) is 0 Å². The molecule has 0 radical (unpaired) electrons. The minimum atomic E-state index is 0.458. The number of hydrogen-bond acceptors (Lipinski definition) is 1. The molecule has 0 aromatic heterocycles. The normalized spacial score (nSPS) is 10.6. The standard InChI is InChI=1S/C13H8BrCl4N/c14-8-4-5-11(13(18)12(8)17)19-6-7-9(15)2-1-3-10(7)16/h1-5,19H,6H2. The Balaban J connectivity index is 2.22. The van der Waals surface area contributed by atoms with Gasteiger partial charge in [0.2, 0.25) is 0 Å². The zero-order valence-corrected chi connectivity index (χ0v) is 14.1. The molecule has 19 heavy (non-hydrogen) atoms. The SMILES string of the molecule is Clc1cccc(Cl)c1CNc1ccc(Br)c(Cl)c1Cl. The summed E-state index contributed by atoms with van der Waals surface area (Å²) in [5.41, 5.74) is 1.55. The maximum absolute atomic E-state index is 6.15. The lowest BCUT2D eigenvalue weighted by atomic mass is 10.2. The molecule has 2 aromatic carbocycles. The first-order valence-electron chi connectivity index (χ1n) is 5.31. The molecule has 0 saturated heterocycles. The number of nitrogens with one attached hydrogen (secondary N) is 1. The van der Waals surface area contributed by atoms with Crippen LogP contribution in [0, 0.1) is 0 Å². The Morgan fingerprint density at radius 3 is 2.16 bits per heavy atom. The second kappa shape index (κ2) is 6.55. The van der Waals surface area contributed by atoms with E-state index in [-0.39, 0.29) is 0 Å². The number of halogens is 5. The lowest BCUT2D eigenvalue weighted by Crippen LogP contribution is -2.01. The summed E-state index contributed by atoms with van der Waals surface area (Å²) in [4.78, 5) is 0. The van der Waals surface area contributed by atoms with E-state index in [1.165, 1.54) is 0 Å². The third-order valence-electron chi connectivity index (χ3n) is 2.55. The molecular formula is C13H8BrCl4N. The van der Waals surface area contributed by atoms with Crippen molar-refractivity contribution in [3.63, 3.8) is 0 Å². The van der Waals surface area contributed by atoms with Crippen molar-refractivity contribution in [1.82, 2.24) is 0 Å². The molecule has 0 atom stereocenters. The van der Waals surface area contributed by atoms with Gasteiger partial charge in [0.05, 0.1) is 15.7 Å². The Bertz CT molecular complexity index is 596. The minimum absolute atomic E-state index is 0.458. The van der Waals surface area contributed by atoms with Gasteiger partial charge in [-0.1, -0.05) is 52.5 Å². The fourth-order valence-corrected chi connectivity index (χ4v) is 2.92. The summed E-state index contributed by atoms with van der Waals surface area (Å²) >= 11 is 27.7. The predicted octanol–water partition coefficient (Wildman–Crippen LogP) is 6.67. The van der Waals surface area contributed by atoms with Crippen LogP contribution in [0.15, 0.2) is 34.8 Å². The fourth-order valence-electron chi connectivity index (χ4n) is 1.55. The van der Waals surface area contributed by atoms with Crippen LogP contribution >= 0.6 is 62.3 Å².